The first-order valence-corrected chi connectivity index (χ1v) is 7.67. The highest BCUT2D eigenvalue weighted by atomic mass is 35.5. The summed E-state index contributed by atoms with van der Waals surface area (Å²) in [6, 6.07) is 7.90. The molecule has 5 heteroatoms. The van der Waals surface area contributed by atoms with Gasteiger partial charge in [0.15, 0.2) is 0 Å². The van der Waals surface area contributed by atoms with Gasteiger partial charge in [-0.05, 0) is 37.0 Å². The number of rotatable bonds is 6. The highest BCUT2D eigenvalue weighted by molar-refractivity contribution is 8.15. The molecule has 1 unspecified atom stereocenters. The van der Waals surface area contributed by atoms with Gasteiger partial charge in [-0.15, -0.1) is 0 Å². The lowest BCUT2D eigenvalue weighted by atomic mass is 10.1. The van der Waals surface area contributed by atoms with Crippen molar-refractivity contribution in [3.63, 3.8) is 0 Å². The standard InChI is InChI=1S/C14H16ClNO2S/c15-11-8-6-10(7-9-11)4-2-1-3-5-12-13(17)16-14(18)19-12/h6-9,12H,1-5H2,(H,16,17,18). The average molecular weight is 298 g/mol. The Morgan fingerprint density at radius 3 is 2.47 bits per heavy atom. The first-order chi connectivity index (χ1) is 9.15. The lowest BCUT2D eigenvalue weighted by Crippen LogP contribution is -2.24. The van der Waals surface area contributed by atoms with E-state index in [1.54, 1.807) is 0 Å². The van der Waals surface area contributed by atoms with E-state index in [0.717, 1.165) is 48.9 Å². The van der Waals surface area contributed by atoms with Crippen molar-refractivity contribution in [3.8, 4) is 0 Å². The lowest BCUT2D eigenvalue weighted by Gasteiger charge is -2.05. The van der Waals surface area contributed by atoms with Crippen LogP contribution in [0.2, 0.25) is 5.02 Å². The Bertz CT molecular complexity index is 461. The van der Waals surface area contributed by atoms with E-state index in [4.69, 9.17) is 11.6 Å². The van der Waals surface area contributed by atoms with Crippen LogP contribution in [0.25, 0.3) is 0 Å². The number of carbonyl (C=O) groups excluding carboxylic acids is 2. The summed E-state index contributed by atoms with van der Waals surface area (Å²) in [7, 11) is 0. The molecule has 19 heavy (non-hydrogen) atoms. The van der Waals surface area contributed by atoms with Gasteiger partial charge < -0.3 is 0 Å². The number of aryl methyl sites for hydroxylation is 1. The molecule has 2 rings (SSSR count). The van der Waals surface area contributed by atoms with Crippen molar-refractivity contribution in [2.24, 2.45) is 0 Å². The maximum atomic E-state index is 11.3. The number of imide groups is 1. The lowest BCUT2D eigenvalue weighted by molar-refractivity contribution is -0.119. The van der Waals surface area contributed by atoms with Crippen molar-refractivity contribution in [2.75, 3.05) is 0 Å². The van der Waals surface area contributed by atoms with Crippen molar-refractivity contribution in [2.45, 2.75) is 37.4 Å². The summed E-state index contributed by atoms with van der Waals surface area (Å²) in [4.78, 5) is 22.3. The molecule has 0 aromatic heterocycles. The van der Waals surface area contributed by atoms with E-state index < -0.39 is 0 Å². The van der Waals surface area contributed by atoms with Gasteiger partial charge in [-0.1, -0.05) is 48.3 Å². The molecule has 1 saturated heterocycles. The van der Waals surface area contributed by atoms with Crippen molar-refractivity contribution in [1.82, 2.24) is 5.32 Å². The van der Waals surface area contributed by atoms with Crippen molar-refractivity contribution < 1.29 is 9.59 Å². The number of amides is 2. The Hall–Kier alpha value is -1.000. The maximum absolute atomic E-state index is 11.3. The van der Waals surface area contributed by atoms with Gasteiger partial charge in [0.05, 0.1) is 5.25 Å². The molecule has 1 aromatic carbocycles. The van der Waals surface area contributed by atoms with E-state index in [9.17, 15) is 9.59 Å². The summed E-state index contributed by atoms with van der Waals surface area (Å²) in [6.07, 6.45) is 4.95. The Balaban J connectivity index is 1.61. The molecular weight excluding hydrogens is 282 g/mol. The van der Waals surface area contributed by atoms with E-state index in [1.807, 2.05) is 24.3 Å². The van der Waals surface area contributed by atoms with Crippen LogP contribution >= 0.6 is 23.4 Å². The second-order valence-corrected chi connectivity index (χ2v) is 6.22. The minimum Gasteiger partial charge on any atom is -0.286 e. The number of halogens is 1. The third-order valence-electron chi connectivity index (χ3n) is 3.11. The van der Waals surface area contributed by atoms with Gasteiger partial charge in [-0.25, -0.2) is 0 Å². The van der Waals surface area contributed by atoms with E-state index in [-0.39, 0.29) is 16.4 Å². The van der Waals surface area contributed by atoms with Crippen LogP contribution in [0.15, 0.2) is 24.3 Å². The third kappa shape index (κ3) is 4.55. The molecule has 0 spiro atoms. The Labute approximate surface area is 122 Å². The van der Waals surface area contributed by atoms with Crippen LogP contribution in [0, 0.1) is 0 Å². The highest BCUT2D eigenvalue weighted by Gasteiger charge is 2.30. The van der Waals surface area contributed by atoms with E-state index in [1.165, 1.54) is 5.56 Å². The molecular formula is C14H16ClNO2S. The van der Waals surface area contributed by atoms with Crippen LogP contribution in [0.5, 0.6) is 0 Å². The van der Waals surface area contributed by atoms with Crippen LogP contribution in [0.4, 0.5) is 4.79 Å². The largest absolute Gasteiger partial charge is 0.286 e. The molecule has 0 bridgehead atoms. The summed E-state index contributed by atoms with van der Waals surface area (Å²) in [5.74, 6) is -0.132. The van der Waals surface area contributed by atoms with Gasteiger partial charge in [0.25, 0.3) is 5.24 Å². The molecule has 2 amide bonds. The van der Waals surface area contributed by atoms with Crippen LogP contribution in [-0.2, 0) is 11.2 Å². The second-order valence-electron chi connectivity index (χ2n) is 4.61. The summed E-state index contributed by atoms with van der Waals surface area (Å²) in [6.45, 7) is 0. The zero-order valence-electron chi connectivity index (χ0n) is 10.5. The van der Waals surface area contributed by atoms with Gasteiger partial charge in [-0.3, -0.25) is 14.9 Å². The molecule has 1 aromatic rings. The smallest absolute Gasteiger partial charge is 0.286 e. The van der Waals surface area contributed by atoms with Crippen LogP contribution in [0.1, 0.15) is 31.2 Å². The maximum Gasteiger partial charge on any atom is 0.286 e. The molecule has 0 saturated carbocycles. The van der Waals surface area contributed by atoms with E-state index in [2.05, 4.69) is 5.32 Å². The fraction of sp³-hybridized carbons (Fsp3) is 0.429. The van der Waals surface area contributed by atoms with Crippen molar-refractivity contribution in [1.29, 1.82) is 0 Å². The zero-order chi connectivity index (χ0) is 13.7. The molecule has 1 aliphatic heterocycles. The summed E-state index contributed by atoms with van der Waals surface area (Å²) >= 11 is 6.94. The second kappa shape index (κ2) is 6.96. The molecule has 0 aliphatic carbocycles. The number of hydrogen-bond donors (Lipinski definition) is 1. The quantitative estimate of drug-likeness (QED) is 0.813. The fourth-order valence-corrected chi connectivity index (χ4v) is 3.06. The van der Waals surface area contributed by atoms with Gasteiger partial charge >= 0.3 is 0 Å². The molecule has 1 atom stereocenters. The fourth-order valence-electron chi connectivity index (χ4n) is 2.07. The first kappa shape index (κ1) is 14.4. The van der Waals surface area contributed by atoms with E-state index >= 15 is 0 Å². The van der Waals surface area contributed by atoms with Gasteiger partial charge in [-0.2, -0.15) is 0 Å². The van der Waals surface area contributed by atoms with Crippen molar-refractivity contribution >= 4 is 34.5 Å². The van der Waals surface area contributed by atoms with E-state index in [0.29, 0.717) is 0 Å². The number of thioether (sulfide) groups is 1. The number of carbonyl (C=O) groups is 2. The molecule has 3 nitrogen and oxygen atoms in total. The number of benzene rings is 1. The number of hydrogen-bond acceptors (Lipinski definition) is 3. The average Bonchev–Trinajstić information content (AvgIpc) is 2.70. The Kier molecular flexibility index (Phi) is 5.28. The topological polar surface area (TPSA) is 46.2 Å². The molecule has 1 heterocycles. The van der Waals surface area contributed by atoms with Crippen molar-refractivity contribution in [3.05, 3.63) is 34.9 Å². The minimum absolute atomic E-state index is 0.132. The molecule has 1 fully saturated rings. The van der Waals surface area contributed by atoms with Gasteiger partial charge in [0.2, 0.25) is 5.91 Å². The number of nitrogens with one attached hydrogen (secondary N) is 1. The van der Waals surface area contributed by atoms with Crippen LogP contribution in [0.3, 0.4) is 0 Å². The molecule has 1 aliphatic rings. The monoisotopic (exact) mass is 297 g/mol. The first-order valence-electron chi connectivity index (χ1n) is 6.41. The minimum atomic E-state index is -0.212. The Morgan fingerprint density at radius 2 is 1.84 bits per heavy atom. The third-order valence-corrected chi connectivity index (χ3v) is 4.41. The predicted molar refractivity (Wildman–Crippen MR) is 78.5 cm³/mol. The normalized spacial score (nSPS) is 18.7. The Morgan fingerprint density at radius 1 is 1.11 bits per heavy atom. The SMILES string of the molecule is O=C1NC(=O)C(CCCCCc2ccc(Cl)cc2)S1. The highest BCUT2D eigenvalue weighted by Crippen LogP contribution is 2.24. The molecule has 102 valence electrons. The summed E-state index contributed by atoms with van der Waals surface area (Å²) < 4.78 is 0. The zero-order valence-corrected chi connectivity index (χ0v) is 12.1. The molecule has 0 radical (unpaired) electrons. The molecule has 1 N–H and O–H groups in total. The van der Waals surface area contributed by atoms with Gasteiger partial charge in [0, 0.05) is 5.02 Å². The summed E-state index contributed by atoms with van der Waals surface area (Å²) in [5, 5.41) is 2.68. The van der Waals surface area contributed by atoms with Crippen LogP contribution in [-0.4, -0.2) is 16.4 Å². The van der Waals surface area contributed by atoms with Crippen LogP contribution < -0.4 is 5.32 Å². The predicted octanol–water partition coefficient (Wildman–Crippen LogP) is 3.79. The number of unbranched alkanes of at least 4 members (excludes halogenated alkanes) is 2. The summed E-state index contributed by atoms with van der Waals surface area (Å²) in [5.41, 5.74) is 1.28. The van der Waals surface area contributed by atoms with Gasteiger partial charge in [0.1, 0.15) is 0 Å².